The summed E-state index contributed by atoms with van der Waals surface area (Å²) in [5.74, 6) is 2.45. The molecular weight excluding hydrogens is 395 g/mol. The first-order valence-corrected chi connectivity index (χ1v) is 10.0. The van der Waals surface area contributed by atoms with Crippen LogP contribution in [0.3, 0.4) is 0 Å². The molecule has 2 aliphatic heterocycles. The number of rotatable bonds is 4. The van der Waals surface area contributed by atoms with Gasteiger partial charge in [-0.3, -0.25) is 5.32 Å². The molecule has 0 spiro atoms. The van der Waals surface area contributed by atoms with Crippen LogP contribution >= 0.6 is 0 Å². The van der Waals surface area contributed by atoms with Gasteiger partial charge in [0.2, 0.25) is 0 Å². The Morgan fingerprint density at radius 1 is 1.29 bits per heavy atom. The number of pyridine rings is 2. The normalized spacial score (nSPS) is 15.9. The number of carbonyl (C=O) groups is 1. The summed E-state index contributed by atoms with van der Waals surface area (Å²) in [5, 5.41) is 2.79. The third-order valence-electron chi connectivity index (χ3n) is 5.43. The van der Waals surface area contributed by atoms with Crippen LogP contribution in [0.4, 0.5) is 26.5 Å². The zero-order valence-corrected chi connectivity index (χ0v) is 17.2. The first-order chi connectivity index (χ1) is 14.9. The summed E-state index contributed by atoms with van der Waals surface area (Å²) in [6.45, 7) is 4.79. The van der Waals surface area contributed by atoms with E-state index < -0.39 is 5.83 Å². The highest BCUT2D eigenvalue weighted by Gasteiger charge is 2.26. The second-order valence-corrected chi connectivity index (χ2v) is 7.58. The molecule has 8 heteroatoms. The molecule has 1 saturated heterocycles. The molecule has 3 N–H and O–H groups in total. The Labute approximate surface area is 180 Å². The molecule has 1 fully saturated rings. The minimum absolute atomic E-state index is 0.256. The Bertz CT molecular complexity index is 1130. The number of nitrogens with one attached hydrogen (secondary N) is 1. The summed E-state index contributed by atoms with van der Waals surface area (Å²) in [5.41, 5.74) is 9.72. The summed E-state index contributed by atoms with van der Waals surface area (Å²) in [7, 11) is 0. The van der Waals surface area contributed by atoms with Crippen molar-refractivity contribution in [2.45, 2.75) is 26.4 Å². The van der Waals surface area contributed by atoms with Crippen molar-refractivity contribution < 1.29 is 9.18 Å². The standard InChI is InChI=1S/C23H23FN6O/c1-3-18(24)6-5-15(2)20-8-7-19(25)22(27-20)28-23(31)30-13-16-11-21(29-9-4-10-29)26-12-17(16)14-30/h1,5-8,11-12H,4,9-10,13-14,25H2,2H3,(H,27,28,31)/b15-5+,18-6+. The van der Waals surface area contributed by atoms with Crippen LogP contribution in [0.15, 0.2) is 42.4 Å². The van der Waals surface area contributed by atoms with Crippen LogP contribution in [-0.4, -0.2) is 34.0 Å². The third-order valence-corrected chi connectivity index (χ3v) is 5.43. The maximum atomic E-state index is 13.2. The highest BCUT2D eigenvalue weighted by Crippen LogP contribution is 2.28. The Hall–Kier alpha value is -3.86. The zero-order valence-electron chi connectivity index (χ0n) is 17.2. The van der Waals surface area contributed by atoms with Crippen molar-refractivity contribution in [3.63, 3.8) is 0 Å². The second-order valence-electron chi connectivity index (χ2n) is 7.58. The Morgan fingerprint density at radius 2 is 2.06 bits per heavy atom. The molecule has 0 radical (unpaired) electrons. The van der Waals surface area contributed by atoms with Gasteiger partial charge in [-0.2, -0.15) is 4.39 Å². The molecule has 0 atom stereocenters. The quantitative estimate of drug-likeness (QED) is 0.584. The lowest BCUT2D eigenvalue weighted by Crippen LogP contribution is -2.37. The lowest BCUT2D eigenvalue weighted by molar-refractivity contribution is 0.212. The molecule has 7 nitrogen and oxygen atoms in total. The van der Waals surface area contributed by atoms with Gasteiger partial charge in [0, 0.05) is 32.4 Å². The van der Waals surface area contributed by atoms with Crippen LogP contribution in [0.1, 0.15) is 30.2 Å². The van der Waals surface area contributed by atoms with Crippen molar-refractivity contribution in [1.29, 1.82) is 0 Å². The van der Waals surface area contributed by atoms with E-state index in [0.717, 1.165) is 30.0 Å². The predicted molar refractivity (Wildman–Crippen MR) is 120 cm³/mol. The molecule has 158 valence electrons. The van der Waals surface area contributed by atoms with Crippen molar-refractivity contribution in [3.8, 4) is 12.3 Å². The van der Waals surface area contributed by atoms with Gasteiger partial charge in [0.05, 0.1) is 11.4 Å². The number of carbonyl (C=O) groups excluding carboxylic acids is 1. The molecular formula is C23H23FN6O. The summed E-state index contributed by atoms with van der Waals surface area (Å²) in [6, 6.07) is 5.12. The number of halogens is 1. The first-order valence-electron chi connectivity index (χ1n) is 10.0. The Balaban J connectivity index is 1.46. The van der Waals surface area contributed by atoms with Gasteiger partial charge in [-0.1, -0.05) is 6.08 Å². The van der Waals surface area contributed by atoms with Crippen molar-refractivity contribution in [2.75, 3.05) is 29.0 Å². The summed E-state index contributed by atoms with van der Waals surface area (Å²) < 4.78 is 13.2. The van der Waals surface area contributed by atoms with E-state index in [4.69, 9.17) is 12.2 Å². The number of amides is 2. The topological polar surface area (TPSA) is 87.4 Å². The fourth-order valence-corrected chi connectivity index (χ4v) is 3.43. The molecule has 31 heavy (non-hydrogen) atoms. The van der Waals surface area contributed by atoms with Crippen molar-refractivity contribution in [3.05, 3.63) is 59.2 Å². The number of anilines is 3. The van der Waals surface area contributed by atoms with E-state index in [1.165, 1.54) is 18.6 Å². The number of hydrogen-bond donors (Lipinski definition) is 2. The van der Waals surface area contributed by atoms with Gasteiger partial charge in [0.15, 0.2) is 11.6 Å². The summed E-state index contributed by atoms with van der Waals surface area (Å²) in [6.07, 6.45) is 10.8. The summed E-state index contributed by atoms with van der Waals surface area (Å²) >= 11 is 0. The summed E-state index contributed by atoms with van der Waals surface area (Å²) in [4.78, 5) is 25.7. The minimum Gasteiger partial charge on any atom is -0.396 e. The molecule has 2 aromatic rings. The maximum Gasteiger partial charge on any atom is 0.323 e. The molecule has 4 rings (SSSR count). The highest BCUT2D eigenvalue weighted by molar-refractivity contribution is 5.92. The van der Waals surface area contributed by atoms with Gasteiger partial charge in [0.25, 0.3) is 0 Å². The van der Waals surface area contributed by atoms with Crippen LogP contribution in [0.5, 0.6) is 0 Å². The predicted octanol–water partition coefficient (Wildman–Crippen LogP) is 3.71. The van der Waals surface area contributed by atoms with Crippen LogP contribution in [0.25, 0.3) is 5.57 Å². The number of terminal acetylenes is 1. The number of nitrogens with two attached hydrogens (primary N) is 1. The van der Waals surface area contributed by atoms with E-state index in [-0.39, 0.29) is 11.8 Å². The average Bonchev–Trinajstić information content (AvgIpc) is 3.15. The molecule has 0 aromatic carbocycles. The molecule has 2 aliphatic rings. The number of hydrogen-bond acceptors (Lipinski definition) is 5. The van der Waals surface area contributed by atoms with Gasteiger partial charge < -0.3 is 15.5 Å². The van der Waals surface area contributed by atoms with Gasteiger partial charge in [-0.15, -0.1) is 6.42 Å². The Morgan fingerprint density at radius 3 is 2.77 bits per heavy atom. The van der Waals surface area contributed by atoms with Gasteiger partial charge in [-0.25, -0.2) is 14.8 Å². The fourth-order valence-electron chi connectivity index (χ4n) is 3.43. The lowest BCUT2D eigenvalue weighted by atomic mass is 10.1. The van der Waals surface area contributed by atoms with Gasteiger partial charge in [0.1, 0.15) is 5.82 Å². The SMILES string of the molecule is C#C/C(F)=C\C=C(/C)c1ccc(N)c(NC(=O)N2Cc3cnc(N4CCC4)cc3C2)n1. The average molecular weight is 418 g/mol. The Kier molecular flexibility index (Phi) is 5.58. The number of urea groups is 1. The van der Waals surface area contributed by atoms with Gasteiger partial charge in [-0.05, 0) is 60.2 Å². The number of nitrogen functional groups attached to an aromatic ring is 1. The van der Waals surface area contributed by atoms with Crippen molar-refractivity contribution in [1.82, 2.24) is 14.9 Å². The largest absolute Gasteiger partial charge is 0.396 e. The third kappa shape index (κ3) is 4.36. The fraction of sp³-hybridized carbons (Fsp3) is 0.261. The molecule has 0 aliphatic carbocycles. The van der Waals surface area contributed by atoms with E-state index in [9.17, 15) is 9.18 Å². The van der Waals surface area contributed by atoms with E-state index in [2.05, 4.69) is 26.3 Å². The number of fused-ring (bicyclic) bond motifs is 1. The smallest absolute Gasteiger partial charge is 0.323 e. The van der Waals surface area contributed by atoms with E-state index in [1.54, 1.807) is 24.0 Å². The lowest BCUT2D eigenvalue weighted by Gasteiger charge is -2.32. The van der Waals surface area contributed by atoms with Crippen LogP contribution in [0.2, 0.25) is 0 Å². The van der Waals surface area contributed by atoms with Crippen LogP contribution in [0, 0.1) is 12.3 Å². The first kappa shape index (κ1) is 20.4. The van der Waals surface area contributed by atoms with Crippen molar-refractivity contribution in [2.24, 2.45) is 0 Å². The second kappa shape index (κ2) is 8.48. The monoisotopic (exact) mass is 418 g/mol. The number of allylic oxidation sites excluding steroid dienone is 4. The number of aromatic nitrogens is 2. The van der Waals surface area contributed by atoms with Crippen molar-refractivity contribution >= 4 is 28.9 Å². The molecule has 0 unspecified atom stereocenters. The minimum atomic E-state index is -0.677. The van der Waals surface area contributed by atoms with E-state index >= 15 is 0 Å². The van der Waals surface area contributed by atoms with Crippen LogP contribution < -0.4 is 16.0 Å². The molecule has 2 amide bonds. The molecule has 0 bridgehead atoms. The van der Waals surface area contributed by atoms with E-state index in [1.807, 2.05) is 12.1 Å². The molecule has 4 heterocycles. The zero-order chi connectivity index (χ0) is 22.0. The van der Waals surface area contributed by atoms with Crippen LogP contribution in [-0.2, 0) is 13.1 Å². The molecule has 2 aromatic heterocycles. The van der Waals surface area contributed by atoms with Gasteiger partial charge >= 0.3 is 6.03 Å². The highest BCUT2D eigenvalue weighted by atomic mass is 19.1. The number of nitrogens with zero attached hydrogens (tertiary/aromatic N) is 4. The molecule has 0 saturated carbocycles. The van der Waals surface area contributed by atoms with E-state index in [0.29, 0.717) is 30.0 Å². The maximum absolute atomic E-state index is 13.2.